The predicted octanol–water partition coefficient (Wildman–Crippen LogP) is -0.265. The zero-order valence-corrected chi connectivity index (χ0v) is 4.33. The van der Waals surface area contributed by atoms with Crippen LogP contribution in [0.3, 0.4) is 0 Å². The second kappa shape index (κ2) is 2.37. The molecule has 41 valence electrons. The van der Waals surface area contributed by atoms with Gasteiger partial charge in [0.25, 0.3) is 0 Å². The summed E-state index contributed by atoms with van der Waals surface area (Å²) in [5.74, 6) is 0. The molecule has 1 rings (SSSR count). The van der Waals surface area contributed by atoms with Crippen molar-refractivity contribution in [1.29, 1.82) is 0 Å². The Morgan fingerprint density at radius 1 is 1.75 bits per heavy atom. The van der Waals surface area contributed by atoms with E-state index in [4.69, 9.17) is 5.73 Å². The standard InChI is InChI=1S/C5H6N3/c6-3-5-1-2-7-8-4-5/h1-2H,3,6H2. The number of hydrogen-bond acceptors (Lipinski definition) is 3. The summed E-state index contributed by atoms with van der Waals surface area (Å²) in [7, 11) is 0. The highest BCUT2D eigenvalue weighted by molar-refractivity contribution is 5.01. The van der Waals surface area contributed by atoms with Gasteiger partial charge in [0.15, 0.2) is 0 Å². The fourth-order valence-corrected chi connectivity index (χ4v) is 0.401. The van der Waals surface area contributed by atoms with Crippen LogP contribution in [0, 0.1) is 6.20 Å². The van der Waals surface area contributed by atoms with E-state index < -0.39 is 0 Å². The molecule has 0 amide bonds. The van der Waals surface area contributed by atoms with Crippen molar-refractivity contribution in [3.05, 3.63) is 24.0 Å². The lowest BCUT2D eigenvalue weighted by Gasteiger charge is -1.87. The summed E-state index contributed by atoms with van der Waals surface area (Å²) in [6.07, 6.45) is 4.23. The van der Waals surface area contributed by atoms with Crippen LogP contribution in [0.5, 0.6) is 0 Å². The molecule has 1 aromatic rings. The molecule has 1 radical (unpaired) electrons. The van der Waals surface area contributed by atoms with Crippen molar-refractivity contribution in [3.8, 4) is 0 Å². The maximum absolute atomic E-state index is 5.25. The SMILES string of the molecule is NCc1[c]nncc1. The fourth-order valence-electron chi connectivity index (χ4n) is 0.401. The molecule has 0 aliphatic carbocycles. The Morgan fingerprint density at radius 2 is 2.62 bits per heavy atom. The largest absolute Gasteiger partial charge is 0.326 e. The average molecular weight is 108 g/mol. The first kappa shape index (κ1) is 5.18. The van der Waals surface area contributed by atoms with Gasteiger partial charge in [0.2, 0.25) is 0 Å². The Kier molecular flexibility index (Phi) is 1.54. The smallest absolute Gasteiger partial charge is 0.118 e. The second-order valence-electron chi connectivity index (χ2n) is 1.37. The molecule has 0 aliphatic heterocycles. The van der Waals surface area contributed by atoms with Crippen LogP contribution in [0.4, 0.5) is 0 Å². The monoisotopic (exact) mass is 108 g/mol. The number of hydrogen-bond donors (Lipinski definition) is 1. The van der Waals surface area contributed by atoms with Crippen molar-refractivity contribution < 1.29 is 0 Å². The molecule has 0 aliphatic rings. The van der Waals surface area contributed by atoms with Crippen molar-refractivity contribution in [3.63, 3.8) is 0 Å². The summed E-state index contributed by atoms with van der Waals surface area (Å²) in [5.41, 5.74) is 6.14. The third-order valence-electron chi connectivity index (χ3n) is 0.814. The minimum Gasteiger partial charge on any atom is -0.326 e. The van der Waals surface area contributed by atoms with Crippen molar-refractivity contribution in [1.82, 2.24) is 10.2 Å². The Hall–Kier alpha value is -0.960. The van der Waals surface area contributed by atoms with Crippen molar-refractivity contribution >= 4 is 0 Å². The summed E-state index contributed by atoms with van der Waals surface area (Å²) >= 11 is 0. The number of rotatable bonds is 1. The lowest BCUT2D eigenvalue weighted by atomic mass is 10.3. The van der Waals surface area contributed by atoms with Crippen LogP contribution in [0.1, 0.15) is 5.56 Å². The molecule has 0 spiro atoms. The third-order valence-corrected chi connectivity index (χ3v) is 0.814. The van der Waals surface area contributed by atoms with Gasteiger partial charge in [-0.05, 0) is 11.6 Å². The van der Waals surface area contributed by atoms with E-state index in [9.17, 15) is 0 Å². The maximum Gasteiger partial charge on any atom is 0.118 e. The highest BCUT2D eigenvalue weighted by Crippen LogP contribution is 1.87. The minimum absolute atomic E-state index is 0.482. The predicted molar refractivity (Wildman–Crippen MR) is 28.8 cm³/mol. The van der Waals surface area contributed by atoms with E-state index in [0.29, 0.717) is 6.54 Å². The molecular weight excluding hydrogens is 102 g/mol. The van der Waals surface area contributed by atoms with Crippen molar-refractivity contribution in [2.24, 2.45) is 5.73 Å². The molecule has 0 saturated heterocycles. The quantitative estimate of drug-likeness (QED) is 0.539. The highest BCUT2D eigenvalue weighted by atomic mass is 15.1. The molecule has 1 aromatic heterocycles. The number of nitrogens with two attached hydrogens (primary N) is 1. The van der Waals surface area contributed by atoms with Crippen LogP contribution >= 0.6 is 0 Å². The Labute approximate surface area is 47.5 Å². The molecule has 0 unspecified atom stereocenters. The summed E-state index contributed by atoms with van der Waals surface area (Å²) in [6, 6.07) is 1.78. The molecule has 0 aromatic carbocycles. The second-order valence-corrected chi connectivity index (χ2v) is 1.37. The van der Waals surface area contributed by atoms with Crippen LogP contribution in [0.2, 0.25) is 0 Å². The van der Waals surface area contributed by atoms with Gasteiger partial charge >= 0.3 is 0 Å². The molecule has 0 atom stereocenters. The molecule has 2 N–H and O–H groups in total. The molecule has 3 heteroatoms. The normalized spacial score (nSPS) is 9.12. The molecule has 1 heterocycles. The van der Waals surface area contributed by atoms with Crippen LogP contribution < -0.4 is 5.73 Å². The molecule has 0 bridgehead atoms. The van der Waals surface area contributed by atoms with E-state index in [2.05, 4.69) is 16.4 Å². The van der Waals surface area contributed by atoms with E-state index >= 15 is 0 Å². The lowest BCUT2D eigenvalue weighted by Crippen LogP contribution is -1.96. The summed E-state index contributed by atoms with van der Waals surface area (Å²) in [4.78, 5) is 0. The van der Waals surface area contributed by atoms with Crippen LogP contribution in [-0.4, -0.2) is 10.2 Å². The van der Waals surface area contributed by atoms with E-state index in [1.165, 1.54) is 0 Å². The zero-order valence-electron chi connectivity index (χ0n) is 4.33. The average Bonchev–Trinajstić information content (AvgIpc) is 1.90. The number of nitrogens with zero attached hydrogens (tertiary/aromatic N) is 2. The summed E-state index contributed by atoms with van der Waals surface area (Å²) in [6.45, 7) is 0.482. The van der Waals surface area contributed by atoms with Gasteiger partial charge in [-0.2, -0.15) is 5.10 Å². The topological polar surface area (TPSA) is 51.8 Å². The molecule has 3 nitrogen and oxygen atoms in total. The lowest BCUT2D eigenvalue weighted by molar-refractivity contribution is 0.957. The van der Waals surface area contributed by atoms with Crippen molar-refractivity contribution in [2.45, 2.75) is 6.54 Å². The van der Waals surface area contributed by atoms with Gasteiger partial charge in [0, 0.05) is 12.7 Å². The summed E-state index contributed by atoms with van der Waals surface area (Å²) < 4.78 is 0. The van der Waals surface area contributed by atoms with E-state index in [1.54, 1.807) is 12.3 Å². The molecular formula is C5H6N3. The van der Waals surface area contributed by atoms with Gasteiger partial charge in [-0.15, -0.1) is 5.10 Å². The van der Waals surface area contributed by atoms with Gasteiger partial charge in [-0.25, -0.2) is 0 Å². The van der Waals surface area contributed by atoms with Gasteiger partial charge in [-0.3, -0.25) is 0 Å². The van der Waals surface area contributed by atoms with Crippen molar-refractivity contribution in [2.75, 3.05) is 0 Å². The number of aromatic nitrogens is 2. The van der Waals surface area contributed by atoms with Gasteiger partial charge in [-0.1, -0.05) is 0 Å². The molecule has 0 saturated carbocycles. The van der Waals surface area contributed by atoms with Crippen LogP contribution in [0.25, 0.3) is 0 Å². The first-order valence-corrected chi connectivity index (χ1v) is 2.32. The Bertz CT molecular complexity index is 149. The summed E-state index contributed by atoms with van der Waals surface area (Å²) in [5, 5.41) is 7.03. The first-order valence-electron chi connectivity index (χ1n) is 2.32. The fraction of sp³-hybridized carbons (Fsp3) is 0.200. The van der Waals surface area contributed by atoms with Crippen LogP contribution in [-0.2, 0) is 6.54 Å². The third kappa shape index (κ3) is 1.01. The molecule has 8 heavy (non-hydrogen) atoms. The molecule has 0 fully saturated rings. The van der Waals surface area contributed by atoms with E-state index in [1.807, 2.05) is 0 Å². The van der Waals surface area contributed by atoms with Gasteiger partial charge in [0.1, 0.15) is 6.20 Å². The van der Waals surface area contributed by atoms with Crippen LogP contribution in [0.15, 0.2) is 12.3 Å². The van der Waals surface area contributed by atoms with Gasteiger partial charge < -0.3 is 5.73 Å². The first-order chi connectivity index (χ1) is 3.93. The highest BCUT2D eigenvalue weighted by Gasteiger charge is 1.83. The van der Waals surface area contributed by atoms with E-state index in [0.717, 1.165) is 5.56 Å². The zero-order chi connectivity index (χ0) is 5.82. The minimum atomic E-state index is 0.482. The van der Waals surface area contributed by atoms with E-state index in [-0.39, 0.29) is 0 Å². The maximum atomic E-state index is 5.25. The Morgan fingerprint density at radius 3 is 3.00 bits per heavy atom. The Balaban J connectivity index is 2.83. The van der Waals surface area contributed by atoms with Gasteiger partial charge in [0.05, 0.1) is 0 Å².